The van der Waals surface area contributed by atoms with Crippen LogP contribution in [0.15, 0.2) is 24.5 Å². The molecule has 0 aromatic carbocycles. The summed E-state index contributed by atoms with van der Waals surface area (Å²) in [5, 5.41) is 0.994. The summed E-state index contributed by atoms with van der Waals surface area (Å²) in [5.41, 5.74) is 0. The molecule has 1 unspecified atom stereocenters. The Labute approximate surface area is 81.4 Å². The number of rotatable bonds is 5. The first-order chi connectivity index (χ1) is 5.93. The largest absolute Gasteiger partial charge is 0.492 e. The molecule has 0 spiro atoms. The van der Waals surface area contributed by atoms with Crippen molar-refractivity contribution >= 4 is 15.9 Å². The lowest BCUT2D eigenvalue weighted by Crippen LogP contribution is -2.16. The van der Waals surface area contributed by atoms with Crippen LogP contribution in [-0.4, -0.2) is 24.6 Å². The fourth-order valence-corrected chi connectivity index (χ4v) is 1.10. The average Bonchev–Trinajstić information content (AvgIpc) is 2.14. The Hall–Kier alpha value is -0.280. The second-order valence-corrected chi connectivity index (χ2v) is 3.30. The SMILES string of the molecule is BrCCCOCC1C=CC=CO1. The van der Waals surface area contributed by atoms with E-state index in [1.54, 1.807) is 6.26 Å². The average molecular weight is 233 g/mol. The molecule has 1 aliphatic rings. The second-order valence-electron chi connectivity index (χ2n) is 2.51. The van der Waals surface area contributed by atoms with Gasteiger partial charge in [-0.05, 0) is 18.6 Å². The fourth-order valence-electron chi connectivity index (χ4n) is 0.876. The van der Waals surface area contributed by atoms with E-state index < -0.39 is 0 Å². The van der Waals surface area contributed by atoms with Crippen LogP contribution in [0.3, 0.4) is 0 Å². The van der Waals surface area contributed by atoms with Gasteiger partial charge in [-0.25, -0.2) is 0 Å². The van der Waals surface area contributed by atoms with Gasteiger partial charge in [-0.15, -0.1) is 0 Å². The molecule has 0 saturated carbocycles. The molecule has 0 bridgehead atoms. The summed E-state index contributed by atoms with van der Waals surface area (Å²) in [4.78, 5) is 0. The second kappa shape index (κ2) is 6.26. The number of ether oxygens (including phenoxy) is 2. The van der Waals surface area contributed by atoms with Gasteiger partial charge in [0, 0.05) is 11.9 Å². The van der Waals surface area contributed by atoms with Crippen molar-refractivity contribution in [1.29, 1.82) is 0 Å². The highest BCUT2D eigenvalue weighted by Gasteiger charge is 2.04. The minimum atomic E-state index is 0.102. The topological polar surface area (TPSA) is 18.5 Å². The summed E-state index contributed by atoms with van der Waals surface area (Å²) in [6.45, 7) is 1.44. The molecule has 0 amide bonds. The molecule has 2 nitrogen and oxygen atoms in total. The van der Waals surface area contributed by atoms with Gasteiger partial charge in [0.1, 0.15) is 6.10 Å². The third kappa shape index (κ3) is 3.93. The van der Waals surface area contributed by atoms with Crippen molar-refractivity contribution in [1.82, 2.24) is 0 Å². The number of allylic oxidation sites excluding steroid dienone is 2. The molecule has 12 heavy (non-hydrogen) atoms. The molecule has 0 aromatic rings. The van der Waals surface area contributed by atoms with E-state index >= 15 is 0 Å². The normalized spacial score (nSPS) is 20.9. The molecule has 0 fully saturated rings. The highest BCUT2D eigenvalue weighted by atomic mass is 79.9. The van der Waals surface area contributed by atoms with Crippen LogP contribution in [-0.2, 0) is 9.47 Å². The molecule has 0 N–H and O–H groups in total. The van der Waals surface area contributed by atoms with E-state index in [9.17, 15) is 0 Å². The maximum absolute atomic E-state index is 5.37. The summed E-state index contributed by atoms with van der Waals surface area (Å²) in [5.74, 6) is 0. The number of hydrogen-bond donors (Lipinski definition) is 0. The maximum Gasteiger partial charge on any atom is 0.139 e. The number of halogens is 1. The molecule has 1 rings (SSSR count). The van der Waals surface area contributed by atoms with Crippen LogP contribution < -0.4 is 0 Å². The highest BCUT2D eigenvalue weighted by Crippen LogP contribution is 2.02. The molecule has 0 aliphatic carbocycles. The first-order valence-corrected chi connectivity index (χ1v) is 5.18. The molecule has 0 aromatic heterocycles. The first-order valence-electron chi connectivity index (χ1n) is 4.06. The molecule has 1 atom stereocenters. The van der Waals surface area contributed by atoms with Crippen LogP contribution in [0, 0.1) is 0 Å². The van der Waals surface area contributed by atoms with Crippen LogP contribution in [0.4, 0.5) is 0 Å². The quantitative estimate of drug-likeness (QED) is 0.535. The van der Waals surface area contributed by atoms with Gasteiger partial charge in [0.05, 0.1) is 12.9 Å². The van der Waals surface area contributed by atoms with E-state index in [0.717, 1.165) is 18.4 Å². The molecular weight excluding hydrogens is 220 g/mol. The van der Waals surface area contributed by atoms with E-state index in [1.807, 2.05) is 18.2 Å². The van der Waals surface area contributed by atoms with Gasteiger partial charge >= 0.3 is 0 Å². The van der Waals surface area contributed by atoms with Gasteiger partial charge in [0.15, 0.2) is 0 Å². The van der Waals surface area contributed by atoms with Crippen molar-refractivity contribution in [3.05, 3.63) is 24.5 Å². The van der Waals surface area contributed by atoms with Gasteiger partial charge in [0.25, 0.3) is 0 Å². The minimum Gasteiger partial charge on any atom is -0.492 e. The maximum atomic E-state index is 5.37. The zero-order valence-corrected chi connectivity index (χ0v) is 8.50. The Morgan fingerprint density at radius 1 is 1.42 bits per heavy atom. The van der Waals surface area contributed by atoms with Crippen molar-refractivity contribution in [3.63, 3.8) is 0 Å². The lowest BCUT2D eigenvalue weighted by Gasteiger charge is -2.14. The van der Waals surface area contributed by atoms with Crippen LogP contribution >= 0.6 is 15.9 Å². The van der Waals surface area contributed by atoms with Crippen LogP contribution in [0.5, 0.6) is 0 Å². The third-order valence-corrected chi connectivity index (χ3v) is 2.03. The lowest BCUT2D eigenvalue weighted by molar-refractivity contribution is 0.0499. The summed E-state index contributed by atoms with van der Waals surface area (Å²) < 4.78 is 10.6. The molecular formula is C9H13BrO2. The van der Waals surface area contributed by atoms with Crippen molar-refractivity contribution < 1.29 is 9.47 Å². The minimum absolute atomic E-state index is 0.102. The zero-order valence-electron chi connectivity index (χ0n) is 6.91. The van der Waals surface area contributed by atoms with Crippen LogP contribution in [0.1, 0.15) is 6.42 Å². The molecule has 3 heteroatoms. The Kier molecular flexibility index (Phi) is 5.11. The smallest absolute Gasteiger partial charge is 0.139 e. The predicted octanol–water partition coefficient (Wildman–Crippen LogP) is 2.26. The van der Waals surface area contributed by atoms with E-state index in [-0.39, 0.29) is 6.10 Å². The van der Waals surface area contributed by atoms with Crippen molar-refractivity contribution in [2.75, 3.05) is 18.5 Å². The standard InChI is InChI=1S/C9H13BrO2/c10-5-3-6-11-8-9-4-1-2-7-12-9/h1-2,4,7,9H,3,5-6,8H2. The van der Waals surface area contributed by atoms with Crippen LogP contribution in [0.2, 0.25) is 0 Å². The molecule has 0 saturated heterocycles. The van der Waals surface area contributed by atoms with E-state index in [2.05, 4.69) is 15.9 Å². The summed E-state index contributed by atoms with van der Waals surface area (Å²) in [7, 11) is 0. The van der Waals surface area contributed by atoms with E-state index in [1.165, 1.54) is 0 Å². The fraction of sp³-hybridized carbons (Fsp3) is 0.556. The van der Waals surface area contributed by atoms with Gasteiger partial charge in [-0.1, -0.05) is 22.0 Å². The van der Waals surface area contributed by atoms with Crippen molar-refractivity contribution in [2.24, 2.45) is 0 Å². The first kappa shape index (κ1) is 9.81. The highest BCUT2D eigenvalue weighted by molar-refractivity contribution is 9.09. The Balaban J connectivity index is 2.00. The van der Waals surface area contributed by atoms with E-state index in [0.29, 0.717) is 6.61 Å². The molecule has 1 heterocycles. The Morgan fingerprint density at radius 3 is 3.00 bits per heavy atom. The van der Waals surface area contributed by atoms with Gasteiger partial charge in [-0.3, -0.25) is 0 Å². The molecule has 1 aliphatic heterocycles. The third-order valence-electron chi connectivity index (χ3n) is 1.47. The Bertz CT molecular complexity index is 166. The summed E-state index contributed by atoms with van der Waals surface area (Å²) in [6, 6.07) is 0. The summed E-state index contributed by atoms with van der Waals surface area (Å²) >= 11 is 3.34. The monoisotopic (exact) mass is 232 g/mol. The predicted molar refractivity (Wildman–Crippen MR) is 52.4 cm³/mol. The number of alkyl halides is 1. The summed E-state index contributed by atoms with van der Waals surface area (Å²) in [6.07, 6.45) is 8.68. The van der Waals surface area contributed by atoms with Crippen molar-refractivity contribution in [2.45, 2.75) is 12.5 Å². The van der Waals surface area contributed by atoms with Gasteiger partial charge in [0.2, 0.25) is 0 Å². The lowest BCUT2D eigenvalue weighted by atomic mass is 10.3. The zero-order chi connectivity index (χ0) is 8.65. The van der Waals surface area contributed by atoms with E-state index in [4.69, 9.17) is 9.47 Å². The molecule has 0 radical (unpaired) electrons. The molecule has 68 valence electrons. The van der Waals surface area contributed by atoms with Gasteiger partial charge < -0.3 is 9.47 Å². The van der Waals surface area contributed by atoms with Crippen LogP contribution in [0.25, 0.3) is 0 Å². The van der Waals surface area contributed by atoms with Gasteiger partial charge in [-0.2, -0.15) is 0 Å². The Morgan fingerprint density at radius 2 is 2.33 bits per heavy atom. The number of hydrogen-bond acceptors (Lipinski definition) is 2. The van der Waals surface area contributed by atoms with Crippen molar-refractivity contribution in [3.8, 4) is 0 Å².